The zero-order valence-corrected chi connectivity index (χ0v) is 13.1. The summed E-state index contributed by atoms with van der Waals surface area (Å²) in [6, 6.07) is 0.447. The predicted molar refractivity (Wildman–Crippen MR) is 83.6 cm³/mol. The van der Waals surface area contributed by atoms with Gasteiger partial charge in [0.2, 0.25) is 5.91 Å². The molecule has 0 spiro atoms. The van der Waals surface area contributed by atoms with Crippen LogP contribution in [0.25, 0.3) is 0 Å². The van der Waals surface area contributed by atoms with Crippen molar-refractivity contribution in [2.24, 2.45) is 11.8 Å². The Morgan fingerprint density at radius 3 is 2.30 bits per heavy atom. The van der Waals surface area contributed by atoms with Crippen LogP contribution >= 0.6 is 0 Å². The van der Waals surface area contributed by atoms with Crippen molar-refractivity contribution in [3.63, 3.8) is 0 Å². The molecule has 2 aliphatic rings. The van der Waals surface area contributed by atoms with Crippen molar-refractivity contribution in [3.8, 4) is 0 Å². The molecule has 0 bridgehead atoms. The van der Waals surface area contributed by atoms with Crippen LogP contribution in [0.3, 0.4) is 0 Å². The van der Waals surface area contributed by atoms with E-state index in [1.165, 1.54) is 57.8 Å². The molecule has 1 heterocycles. The minimum Gasteiger partial charge on any atom is -0.353 e. The second-order valence-corrected chi connectivity index (χ2v) is 6.88. The maximum atomic E-state index is 12.2. The fourth-order valence-corrected chi connectivity index (χ4v) is 3.76. The highest BCUT2D eigenvalue weighted by Crippen LogP contribution is 2.24. The van der Waals surface area contributed by atoms with Gasteiger partial charge in [-0.15, -0.1) is 0 Å². The molecule has 116 valence electrons. The van der Waals surface area contributed by atoms with E-state index < -0.39 is 0 Å². The number of hydrogen-bond donors (Lipinski definition) is 2. The van der Waals surface area contributed by atoms with Crippen molar-refractivity contribution in [2.75, 3.05) is 13.1 Å². The second-order valence-electron chi connectivity index (χ2n) is 6.88. The van der Waals surface area contributed by atoms with Gasteiger partial charge in [-0.2, -0.15) is 0 Å². The average Bonchev–Trinajstić information content (AvgIpc) is 2.42. The molecule has 3 heteroatoms. The van der Waals surface area contributed by atoms with Gasteiger partial charge >= 0.3 is 0 Å². The van der Waals surface area contributed by atoms with Crippen molar-refractivity contribution in [1.29, 1.82) is 0 Å². The van der Waals surface area contributed by atoms with E-state index in [1.54, 1.807) is 0 Å². The summed E-state index contributed by atoms with van der Waals surface area (Å²) < 4.78 is 0. The van der Waals surface area contributed by atoms with Crippen LogP contribution in [-0.2, 0) is 4.79 Å². The van der Waals surface area contributed by atoms with Crippen LogP contribution in [0.5, 0.6) is 0 Å². The van der Waals surface area contributed by atoms with E-state index in [0.717, 1.165) is 25.4 Å². The Bertz CT molecular complexity index is 273. The molecular weight excluding hydrogens is 248 g/mol. The zero-order valence-electron chi connectivity index (χ0n) is 13.1. The molecule has 1 unspecified atom stereocenters. The van der Waals surface area contributed by atoms with Crippen molar-refractivity contribution in [2.45, 2.75) is 77.2 Å². The third kappa shape index (κ3) is 5.43. The summed E-state index contributed by atoms with van der Waals surface area (Å²) in [6.45, 7) is 4.51. The van der Waals surface area contributed by atoms with Gasteiger partial charge in [-0.25, -0.2) is 0 Å². The molecule has 0 aromatic rings. The fraction of sp³-hybridized carbons (Fsp3) is 0.941. The first-order valence-electron chi connectivity index (χ1n) is 8.76. The van der Waals surface area contributed by atoms with Gasteiger partial charge < -0.3 is 10.6 Å². The lowest BCUT2D eigenvalue weighted by Gasteiger charge is -2.28. The molecule has 1 aliphatic carbocycles. The summed E-state index contributed by atoms with van der Waals surface area (Å²) in [6.07, 6.45) is 12.2. The number of piperidine rings is 1. The molecule has 2 N–H and O–H groups in total. The molecular formula is C17H32N2O. The number of rotatable bonds is 4. The Morgan fingerprint density at radius 1 is 1.05 bits per heavy atom. The lowest BCUT2D eigenvalue weighted by molar-refractivity contribution is -0.123. The van der Waals surface area contributed by atoms with Gasteiger partial charge in [0.25, 0.3) is 0 Å². The van der Waals surface area contributed by atoms with E-state index in [2.05, 4.69) is 17.6 Å². The van der Waals surface area contributed by atoms with Crippen LogP contribution in [0, 0.1) is 11.8 Å². The number of carbonyl (C=O) groups is 1. The average molecular weight is 280 g/mol. The van der Waals surface area contributed by atoms with Crippen molar-refractivity contribution < 1.29 is 4.79 Å². The van der Waals surface area contributed by atoms with E-state index in [0.29, 0.717) is 17.9 Å². The SMILES string of the molecule is CC(CC(=O)NC1CCCCCCC1)C1CCNCC1. The molecule has 0 radical (unpaired) electrons. The first kappa shape index (κ1) is 15.8. The molecule has 1 atom stereocenters. The van der Waals surface area contributed by atoms with Crippen LogP contribution in [0.1, 0.15) is 71.1 Å². The van der Waals surface area contributed by atoms with Crippen LogP contribution < -0.4 is 10.6 Å². The Labute approximate surface area is 124 Å². The lowest BCUT2D eigenvalue weighted by atomic mass is 9.84. The normalized spacial score (nSPS) is 24.6. The lowest BCUT2D eigenvalue weighted by Crippen LogP contribution is -2.38. The smallest absolute Gasteiger partial charge is 0.220 e. The Morgan fingerprint density at radius 2 is 1.65 bits per heavy atom. The topological polar surface area (TPSA) is 41.1 Å². The van der Waals surface area contributed by atoms with E-state index in [9.17, 15) is 4.79 Å². The summed E-state index contributed by atoms with van der Waals surface area (Å²) in [5.74, 6) is 1.56. The van der Waals surface area contributed by atoms with Gasteiger partial charge in [0.15, 0.2) is 0 Å². The van der Waals surface area contributed by atoms with Gasteiger partial charge in [-0.1, -0.05) is 39.0 Å². The van der Waals surface area contributed by atoms with Crippen LogP contribution in [0.2, 0.25) is 0 Å². The first-order chi connectivity index (χ1) is 9.75. The van der Waals surface area contributed by atoms with Gasteiger partial charge in [0.1, 0.15) is 0 Å². The minimum absolute atomic E-state index is 0.293. The van der Waals surface area contributed by atoms with Crippen LogP contribution in [0.4, 0.5) is 0 Å². The highest BCUT2D eigenvalue weighted by molar-refractivity contribution is 5.76. The maximum Gasteiger partial charge on any atom is 0.220 e. The molecule has 3 nitrogen and oxygen atoms in total. The third-order valence-electron chi connectivity index (χ3n) is 5.17. The van der Waals surface area contributed by atoms with Crippen LogP contribution in [0.15, 0.2) is 0 Å². The quantitative estimate of drug-likeness (QED) is 0.830. The summed E-state index contributed by atoms with van der Waals surface area (Å²) in [5.41, 5.74) is 0. The largest absolute Gasteiger partial charge is 0.353 e. The Balaban J connectivity index is 1.70. The fourth-order valence-electron chi connectivity index (χ4n) is 3.76. The van der Waals surface area contributed by atoms with E-state index in [-0.39, 0.29) is 0 Å². The molecule has 0 aromatic heterocycles. The molecule has 20 heavy (non-hydrogen) atoms. The maximum absolute atomic E-state index is 12.2. The van der Waals surface area contributed by atoms with Crippen molar-refractivity contribution in [3.05, 3.63) is 0 Å². The number of amides is 1. The van der Waals surface area contributed by atoms with Gasteiger partial charge in [-0.05, 0) is 50.6 Å². The first-order valence-corrected chi connectivity index (χ1v) is 8.76. The summed E-state index contributed by atoms with van der Waals surface area (Å²) in [7, 11) is 0. The van der Waals surface area contributed by atoms with E-state index in [1.807, 2.05) is 0 Å². The Hall–Kier alpha value is -0.570. The van der Waals surface area contributed by atoms with Gasteiger partial charge in [-0.3, -0.25) is 4.79 Å². The monoisotopic (exact) mass is 280 g/mol. The molecule has 1 saturated heterocycles. The summed E-state index contributed by atoms with van der Waals surface area (Å²) in [5, 5.41) is 6.70. The molecule has 2 rings (SSSR count). The van der Waals surface area contributed by atoms with E-state index >= 15 is 0 Å². The van der Waals surface area contributed by atoms with Gasteiger partial charge in [0.05, 0.1) is 0 Å². The molecule has 1 aliphatic heterocycles. The highest BCUT2D eigenvalue weighted by Gasteiger charge is 2.23. The number of nitrogens with one attached hydrogen (secondary N) is 2. The van der Waals surface area contributed by atoms with Crippen LogP contribution in [-0.4, -0.2) is 25.0 Å². The third-order valence-corrected chi connectivity index (χ3v) is 5.17. The van der Waals surface area contributed by atoms with E-state index in [4.69, 9.17) is 0 Å². The second kappa shape index (κ2) is 8.66. The molecule has 1 amide bonds. The van der Waals surface area contributed by atoms with Gasteiger partial charge in [0, 0.05) is 12.5 Å². The Kier molecular flexibility index (Phi) is 6.85. The predicted octanol–water partition coefficient (Wildman–Crippen LogP) is 3.24. The number of carbonyl (C=O) groups excluding carboxylic acids is 1. The molecule has 1 saturated carbocycles. The minimum atomic E-state index is 0.293. The highest BCUT2D eigenvalue weighted by atomic mass is 16.1. The number of hydrogen-bond acceptors (Lipinski definition) is 2. The standard InChI is InChI=1S/C17H32N2O/c1-14(15-9-11-18-12-10-15)13-17(20)19-16-7-5-3-2-4-6-8-16/h14-16,18H,2-13H2,1H3,(H,19,20). The van der Waals surface area contributed by atoms with Crippen molar-refractivity contribution >= 4 is 5.91 Å². The molecule has 0 aromatic carbocycles. The summed E-state index contributed by atoms with van der Waals surface area (Å²) in [4.78, 5) is 12.2. The van der Waals surface area contributed by atoms with Crippen molar-refractivity contribution in [1.82, 2.24) is 10.6 Å². The zero-order chi connectivity index (χ0) is 14.2. The summed E-state index contributed by atoms with van der Waals surface area (Å²) >= 11 is 0. The molecule has 2 fully saturated rings.